The van der Waals surface area contributed by atoms with Crippen molar-refractivity contribution >= 4 is 17.2 Å². The van der Waals surface area contributed by atoms with Crippen LogP contribution in [-0.4, -0.2) is 22.6 Å². The van der Waals surface area contributed by atoms with Crippen LogP contribution in [-0.2, 0) is 6.54 Å². The zero-order valence-corrected chi connectivity index (χ0v) is 12.8. The monoisotopic (exact) mass is 300 g/mol. The number of rotatable bonds is 3. The predicted octanol–water partition coefficient (Wildman–Crippen LogP) is 2.03. The van der Waals surface area contributed by atoms with Gasteiger partial charge in [0.2, 0.25) is 0 Å². The SMILES string of the molecule is Cc1cnc(CNC(=O)c2ccc(C#CCO)c(C)c2)s1. The molecule has 0 saturated heterocycles. The van der Waals surface area contributed by atoms with Crippen molar-refractivity contribution in [3.05, 3.63) is 51.0 Å². The van der Waals surface area contributed by atoms with Gasteiger partial charge in [-0.3, -0.25) is 4.79 Å². The number of hydrogen-bond acceptors (Lipinski definition) is 4. The molecule has 21 heavy (non-hydrogen) atoms. The van der Waals surface area contributed by atoms with E-state index >= 15 is 0 Å². The van der Waals surface area contributed by atoms with Gasteiger partial charge in [0.25, 0.3) is 5.91 Å². The van der Waals surface area contributed by atoms with Crippen LogP contribution in [0.2, 0.25) is 0 Å². The van der Waals surface area contributed by atoms with Crippen LogP contribution in [0, 0.1) is 25.7 Å². The smallest absolute Gasteiger partial charge is 0.251 e. The van der Waals surface area contributed by atoms with E-state index in [1.54, 1.807) is 35.7 Å². The fourth-order valence-corrected chi connectivity index (χ4v) is 2.55. The Morgan fingerprint density at radius 2 is 2.24 bits per heavy atom. The van der Waals surface area contributed by atoms with E-state index in [1.807, 2.05) is 13.8 Å². The lowest BCUT2D eigenvalue weighted by molar-refractivity contribution is 0.0951. The molecule has 2 rings (SSSR count). The molecule has 0 saturated carbocycles. The van der Waals surface area contributed by atoms with Crippen LogP contribution < -0.4 is 5.32 Å². The summed E-state index contributed by atoms with van der Waals surface area (Å²) in [5.74, 6) is 5.32. The Morgan fingerprint density at radius 1 is 1.43 bits per heavy atom. The zero-order chi connectivity index (χ0) is 15.2. The van der Waals surface area contributed by atoms with Crippen LogP contribution >= 0.6 is 11.3 Å². The van der Waals surface area contributed by atoms with Crippen LogP contribution in [0.3, 0.4) is 0 Å². The largest absolute Gasteiger partial charge is 0.384 e. The second-order valence-corrected chi connectivity index (χ2v) is 5.86. The lowest BCUT2D eigenvalue weighted by Crippen LogP contribution is -2.22. The third kappa shape index (κ3) is 4.15. The molecule has 0 fully saturated rings. The van der Waals surface area contributed by atoms with Gasteiger partial charge in [0.15, 0.2) is 0 Å². The number of aliphatic hydroxyl groups excluding tert-OH is 1. The summed E-state index contributed by atoms with van der Waals surface area (Å²) in [6, 6.07) is 5.32. The summed E-state index contributed by atoms with van der Waals surface area (Å²) in [4.78, 5) is 17.4. The molecular formula is C16H16N2O2S. The number of nitrogens with one attached hydrogen (secondary N) is 1. The highest BCUT2D eigenvalue weighted by atomic mass is 32.1. The molecule has 0 unspecified atom stereocenters. The number of amides is 1. The lowest BCUT2D eigenvalue weighted by atomic mass is 10.0. The van der Waals surface area contributed by atoms with Crippen molar-refractivity contribution in [1.29, 1.82) is 0 Å². The first-order valence-electron chi connectivity index (χ1n) is 6.50. The van der Waals surface area contributed by atoms with Crippen molar-refractivity contribution in [3.8, 4) is 11.8 Å². The highest BCUT2D eigenvalue weighted by Gasteiger charge is 2.08. The molecule has 1 aromatic carbocycles. The summed E-state index contributed by atoms with van der Waals surface area (Å²) in [6.07, 6.45) is 1.80. The Balaban J connectivity index is 2.04. The molecule has 0 aliphatic carbocycles. The first-order chi connectivity index (χ1) is 10.1. The van der Waals surface area contributed by atoms with Crippen molar-refractivity contribution in [2.24, 2.45) is 0 Å². The molecule has 2 N–H and O–H groups in total. The Hall–Kier alpha value is -2.16. The Kier molecular flexibility index (Phi) is 5.09. The number of carbonyl (C=O) groups excluding carboxylic acids is 1. The van der Waals surface area contributed by atoms with Crippen molar-refractivity contribution in [2.75, 3.05) is 6.61 Å². The maximum absolute atomic E-state index is 12.1. The molecule has 2 aromatic rings. The van der Waals surface area contributed by atoms with Gasteiger partial charge in [-0.15, -0.1) is 11.3 Å². The normalized spacial score (nSPS) is 9.86. The highest BCUT2D eigenvalue weighted by Crippen LogP contribution is 2.12. The molecule has 0 aliphatic rings. The summed E-state index contributed by atoms with van der Waals surface area (Å²) >= 11 is 1.57. The van der Waals surface area contributed by atoms with Gasteiger partial charge in [0.05, 0.1) is 6.54 Å². The van der Waals surface area contributed by atoms with E-state index in [2.05, 4.69) is 22.1 Å². The first-order valence-corrected chi connectivity index (χ1v) is 7.31. The summed E-state index contributed by atoms with van der Waals surface area (Å²) < 4.78 is 0. The number of hydrogen-bond donors (Lipinski definition) is 2. The lowest BCUT2D eigenvalue weighted by Gasteiger charge is -2.05. The minimum atomic E-state index is -0.172. The summed E-state index contributed by atoms with van der Waals surface area (Å²) in [6.45, 7) is 4.14. The average molecular weight is 300 g/mol. The maximum Gasteiger partial charge on any atom is 0.251 e. The van der Waals surface area contributed by atoms with E-state index in [9.17, 15) is 4.79 Å². The second-order valence-electron chi connectivity index (χ2n) is 4.54. The fourth-order valence-electron chi connectivity index (χ4n) is 1.82. The molecule has 1 heterocycles. The average Bonchev–Trinajstić information content (AvgIpc) is 2.89. The molecule has 1 amide bonds. The molecule has 4 nitrogen and oxygen atoms in total. The van der Waals surface area contributed by atoms with Gasteiger partial charge in [-0.05, 0) is 37.6 Å². The number of thiazole rings is 1. The summed E-state index contributed by atoms with van der Waals surface area (Å²) in [7, 11) is 0. The Labute approximate surface area is 127 Å². The second kappa shape index (κ2) is 7.02. The minimum absolute atomic E-state index is 0.132. The van der Waals surface area contributed by atoms with Gasteiger partial charge in [-0.1, -0.05) is 11.8 Å². The Morgan fingerprint density at radius 3 is 2.86 bits per heavy atom. The van der Waals surface area contributed by atoms with Crippen LogP contribution in [0.1, 0.15) is 31.4 Å². The van der Waals surface area contributed by atoms with Crippen molar-refractivity contribution in [2.45, 2.75) is 20.4 Å². The predicted molar refractivity (Wildman–Crippen MR) is 83.2 cm³/mol. The minimum Gasteiger partial charge on any atom is -0.384 e. The van der Waals surface area contributed by atoms with Crippen LogP contribution in [0.5, 0.6) is 0 Å². The van der Waals surface area contributed by atoms with Crippen LogP contribution in [0.15, 0.2) is 24.4 Å². The number of aryl methyl sites for hydroxylation is 2. The highest BCUT2D eigenvalue weighted by molar-refractivity contribution is 7.11. The van der Waals surface area contributed by atoms with Crippen molar-refractivity contribution in [3.63, 3.8) is 0 Å². The van der Waals surface area contributed by atoms with Crippen LogP contribution in [0.25, 0.3) is 0 Å². The number of carbonyl (C=O) groups is 1. The van der Waals surface area contributed by atoms with E-state index < -0.39 is 0 Å². The number of aliphatic hydroxyl groups is 1. The Bertz CT molecular complexity index is 711. The summed E-state index contributed by atoms with van der Waals surface area (Å²) in [5, 5.41) is 12.4. The molecule has 0 radical (unpaired) electrons. The fraction of sp³-hybridized carbons (Fsp3) is 0.250. The molecule has 0 aliphatic heterocycles. The van der Waals surface area contributed by atoms with E-state index in [4.69, 9.17) is 5.11 Å². The van der Waals surface area contributed by atoms with Crippen molar-refractivity contribution < 1.29 is 9.90 Å². The molecular weight excluding hydrogens is 284 g/mol. The van der Waals surface area contributed by atoms with Gasteiger partial charge >= 0.3 is 0 Å². The van der Waals surface area contributed by atoms with E-state index in [0.717, 1.165) is 21.0 Å². The standard InChI is InChI=1S/C16H16N2O2S/c1-11-8-14(6-5-13(11)4-3-7-19)16(20)18-10-15-17-9-12(2)21-15/h5-6,8-9,19H,7,10H2,1-2H3,(H,18,20). The first kappa shape index (κ1) is 15.2. The van der Waals surface area contributed by atoms with Gasteiger partial charge in [0.1, 0.15) is 11.6 Å². The van der Waals surface area contributed by atoms with Gasteiger partial charge < -0.3 is 10.4 Å². The maximum atomic E-state index is 12.1. The van der Waals surface area contributed by atoms with E-state index in [-0.39, 0.29) is 12.5 Å². The third-order valence-corrected chi connectivity index (χ3v) is 3.77. The molecule has 0 spiro atoms. The van der Waals surface area contributed by atoms with E-state index in [0.29, 0.717) is 12.1 Å². The third-order valence-electron chi connectivity index (χ3n) is 2.86. The zero-order valence-electron chi connectivity index (χ0n) is 11.9. The molecule has 0 atom stereocenters. The number of benzene rings is 1. The van der Waals surface area contributed by atoms with Crippen LogP contribution in [0.4, 0.5) is 0 Å². The molecule has 1 aromatic heterocycles. The summed E-state index contributed by atoms with van der Waals surface area (Å²) in [5.41, 5.74) is 2.32. The van der Waals surface area contributed by atoms with Gasteiger partial charge in [-0.2, -0.15) is 0 Å². The molecule has 5 heteroatoms. The molecule has 0 bridgehead atoms. The number of nitrogens with zero attached hydrogens (tertiary/aromatic N) is 1. The van der Waals surface area contributed by atoms with E-state index in [1.165, 1.54) is 0 Å². The van der Waals surface area contributed by atoms with Gasteiger partial charge in [-0.25, -0.2) is 4.98 Å². The topological polar surface area (TPSA) is 62.2 Å². The number of aromatic nitrogens is 1. The quantitative estimate of drug-likeness (QED) is 0.853. The molecule has 108 valence electrons. The van der Waals surface area contributed by atoms with Crippen molar-refractivity contribution in [1.82, 2.24) is 10.3 Å². The van der Waals surface area contributed by atoms with Gasteiger partial charge in [0, 0.05) is 22.2 Å².